The van der Waals surface area contributed by atoms with Gasteiger partial charge in [-0.3, -0.25) is 14.7 Å². The van der Waals surface area contributed by atoms with Crippen molar-refractivity contribution < 1.29 is 14.0 Å². The molecule has 0 spiro atoms. The number of carbonyl (C=O) groups is 2. The van der Waals surface area contributed by atoms with Crippen LogP contribution in [0.4, 0.5) is 9.18 Å². The molecule has 2 N–H and O–H groups in total. The number of urea groups is 1. The fourth-order valence-corrected chi connectivity index (χ4v) is 4.47. The number of carbonyl (C=O) groups excluding carboxylic acids is 2. The molecule has 2 aromatic carbocycles. The highest BCUT2D eigenvalue weighted by atomic mass is 32.2. The Morgan fingerprint density at radius 1 is 1.00 bits per heavy atom. The second kappa shape index (κ2) is 10.4. The highest BCUT2D eigenvalue weighted by Crippen LogP contribution is 2.28. The van der Waals surface area contributed by atoms with Crippen LogP contribution in [0.2, 0.25) is 0 Å². The van der Waals surface area contributed by atoms with Crippen LogP contribution >= 0.6 is 11.8 Å². The van der Waals surface area contributed by atoms with Crippen molar-refractivity contribution >= 4 is 23.7 Å². The predicted molar refractivity (Wildman–Crippen MR) is 121 cm³/mol. The van der Waals surface area contributed by atoms with E-state index in [1.807, 2.05) is 30.3 Å². The Balaban J connectivity index is 1.46. The first kappa shape index (κ1) is 22.0. The molecule has 0 saturated heterocycles. The third-order valence-corrected chi connectivity index (χ3v) is 6.20. The zero-order chi connectivity index (χ0) is 22.3. The lowest BCUT2D eigenvalue weighted by Crippen LogP contribution is -2.45. The third-order valence-electron chi connectivity index (χ3n) is 5.28. The molecule has 1 aromatic heterocycles. The van der Waals surface area contributed by atoms with Gasteiger partial charge in [0, 0.05) is 17.3 Å². The summed E-state index contributed by atoms with van der Waals surface area (Å²) in [5.41, 5.74) is 1.51. The van der Waals surface area contributed by atoms with E-state index in [1.165, 1.54) is 18.6 Å². The summed E-state index contributed by atoms with van der Waals surface area (Å²) in [6.07, 6.45) is 5.27. The molecule has 0 radical (unpaired) electrons. The lowest BCUT2D eigenvalue weighted by atomic mass is 9.96. The van der Waals surface area contributed by atoms with Crippen molar-refractivity contribution in [2.45, 2.75) is 43.3 Å². The summed E-state index contributed by atoms with van der Waals surface area (Å²) in [7, 11) is 0. The zero-order valence-corrected chi connectivity index (χ0v) is 18.3. The summed E-state index contributed by atoms with van der Waals surface area (Å²) in [4.78, 5) is 24.5. The van der Waals surface area contributed by atoms with Gasteiger partial charge in [-0.05, 0) is 37.1 Å². The van der Waals surface area contributed by atoms with E-state index in [1.54, 1.807) is 16.7 Å². The molecule has 3 aromatic rings. The zero-order valence-electron chi connectivity index (χ0n) is 17.5. The molecular formula is C23H24FN5O2S. The molecule has 166 valence electrons. The highest BCUT2D eigenvalue weighted by molar-refractivity contribution is 7.99. The van der Waals surface area contributed by atoms with Crippen molar-refractivity contribution in [2.75, 3.05) is 5.75 Å². The van der Waals surface area contributed by atoms with Gasteiger partial charge in [0.05, 0.1) is 5.75 Å². The second-order valence-electron chi connectivity index (χ2n) is 7.63. The minimum atomic E-state index is -0.465. The number of amides is 3. The Bertz CT molecular complexity index is 1070. The van der Waals surface area contributed by atoms with Crippen molar-refractivity contribution in [3.05, 3.63) is 60.4 Å². The summed E-state index contributed by atoms with van der Waals surface area (Å²) in [5.74, 6) is -0.194. The van der Waals surface area contributed by atoms with Crippen LogP contribution in [0, 0.1) is 5.82 Å². The van der Waals surface area contributed by atoms with E-state index < -0.39 is 11.9 Å². The molecule has 0 atom stereocenters. The van der Waals surface area contributed by atoms with Gasteiger partial charge in [0.1, 0.15) is 5.82 Å². The summed E-state index contributed by atoms with van der Waals surface area (Å²) in [6, 6.07) is 15.1. The average Bonchev–Trinajstić information content (AvgIpc) is 3.23. The number of imide groups is 1. The predicted octanol–water partition coefficient (Wildman–Crippen LogP) is 4.32. The molecule has 3 amide bonds. The molecule has 0 aliphatic heterocycles. The van der Waals surface area contributed by atoms with Crippen molar-refractivity contribution in [1.82, 2.24) is 25.4 Å². The Morgan fingerprint density at radius 2 is 1.72 bits per heavy atom. The number of nitrogens with zero attached hydrogens (tertiary/aromatic N) is 3. The van der Waals surface area contributed by atoms with Gasteiger partial charge in [-0.2, -0.15) is 0 Å². The first-order valence-electron chi connectivity index (χ1n) is 10.6. The van der Waals surface area contributed by atoms with Crippen LogP contribution in [0.15, 0.2) is 59.8 Å². The normalized spacial score (nSPS) is 14.2. The number of rotatable bonds is 6. The van der Waals surface area contributed by atoms with E-state index in [0.717, 1.165) is 43.0 Å². The van der Waals surface area contributed by atoms with Gasteiger partial charge in [-0.25, -0.2) is 9.18 Å². The quantitative estimate of drug-likeness (QED) is 0.543. The number of aromatic nitrogens is 3. The number of hydrogen-bond donors (Lipinski definition) is 2. The molecule has 1 heterocycles. The van der Waals surface area contributed by atoms with Gasteiger partial charge in [-0.15, -0.1) is 10.2 Å². The number of benzene rings is 2. The molecule has 7 nitrogen and oxygen atoms in total. The van der Waals surface area contributed by atoms with Crippen LogP contribution in [-0.4, -0.2) is 38.5 Å². The lowest BCUT2D eigenvalue weighted by molar-refractivity contribution is -0.117. The maximum atomic E-state index is 13.5. The molecule has 0 bridgehead atoms. The monoisotopic (exact) mass is 453 g/mol. The van der Waals surface area contributed by atoms with Crippen LogP contribution in [-0.2, 0) is 4.79 Å². The molecule has 1 aliphatic carbocycles. The van der Waals surface area contributed by atoms with Crippen LogP contribution in [0.5, 0.6) is 0 Å². The van der Waals surface area contributed by atoms with Crippen molar-refractivity contribution in [3.8, 4) is 17.1 Å². The van der Waals surface area contributed by atoms with Gasteiger partial charge in [-0.1, -0.05) is 61.4 Å². The third kappa shape index (κ3) is 5.53. The molecule has 1 aliphatic rings. The van der Waals surface area contributed by atoms with E-state index in [4.69, 9.17) is 0 Å². The number of hydrogen-bond acceptors (Lipinski definition) is 5. The van der Waals surface area contributed by atoms with Crippen molar-refractivity contribution in [2.24, 2.45) is 0 Å². The SMILES string of the molecule is O=C(CSc1nnc(-c2ccccc2)n1-c1ccc(F)cc1)NC(=O)NC1CCCCC1. The summed E-state index contributed by atoms with van der Waals surface area (Å²) < 4.78 is 15.2. The molecular weight excluding hydrogens is 429 g/mol. The Hall–Kier alpha value is -3.20. The molecule has 1 fully saturated rings. The first-order valence-corrected chi connectivity index (χ1v) is 11.6. The Labute approximate surface area is 189 Å². The number of nitrogens with one attached hydrogen (secondary N) is 2. The van der Waals surface area contributed by atoms with Gasteiger partial charge in [0.15, 0.2) is 11.0 Å². The maximum absolute atomic E-state index is 13.5. The summed E-state index contributed by atoms with van der Waals surface area (Å²) >= 11 is 1.16. The van der Waals surface area contributed by atoms with E-state index in [-0.39, 0.29) is 17.6 Å². The van der Waals surface area contributed by atoms with E-state index >= 15 is 0 Å². The van der Waals surface area contributed by atoms with Gasteiger partial charge in [0.25, 0.3) is 0 Å². The van der Waals surface area contributed by atoms with Gasteiger partial charge < -0.3 is 5.32 Å². The van der Waals surface area contributed by atoms with E-state index in [2.05, 4.69) is 20.8 Å². The first-order chi connectivity index (χ1) is 15.6. The summed E-state index contributed by atoms with van der Waals surface area (Å²) in [5, 5.41) is 14.3. The molecule has 4 rings (SSSR count). The molecule has 9 heteroatoms. The minimum Gasteiger partial charge on any atom is -0.335 e. The molecule has 1 saturated carbocycles. The topological polar surface area (TPSA) is 88.9 Å². The second-order valence-corrected chi connectivity index (χ2v) is 8.57. The number of thioether (sulfide) groups is 1. The standard InChI is InChI=1S/C23H24FN5O2S/c24-17-11-13-19(14-12-17)29-21(16-7-3-1-4-8-16)27-28-23(29)32-15-20(30)26-22(31)25-18-9-5-2-6-10-18/h1,3-4,7-8,11-14,18H,2,5-6,9-10,15H2,(H2,25,26,30,31). The molecule has 0 unspecified atom stereocenters. The van der Waals surface area contributed by atoms with Crippen molar-refractivity contribution in [3.63, 3.8) is 0 Å². The van der Waals surface area contributed by atoms with Crippen LogP contribution in [0.1, 0.15) is 32.1 Å². The number of halogens is 1. The maximum Gasteiger partial charge on any atom is 0.321 e. The average molecular weight is 454 g/mol. The smallest absolute Gasteiger partial charge is 0.321 e. The molecule has 32 heavy (non-hydrogen) atoms. The lowest BCUT2D eigenvalue weighted by Gasteiger charge is -2.22. The minimum absolute atomic E-state index is 0.00773. The van der Waals surface area contributed by atoms with Crippen LogP contribution in [0.3, 0.4) is 0 Å². The van der Waals surface area contributed by atoms with E-state index in [9.17, 15) is 14.0 Å². The van der Waals surface area contributed by atoms with Crippen molar-refractivity contribution in [1.29, 1.82) is 0 Å². The largest absolute Gasteiger partial charge is 0.335 e. The Kier molecular flexibility index (Phi) is 7.16. The van der Waals surface area contributed by atoms with E-state index in [0.29, 0.717) is 16.7 Å². The summed E-state index contributed by atoms with van der Waals surface area (Å²) in [6.45, 7) is 0. The van der Waals surface area contributed by atoms with Gasteiger partial charge in [0.2, 0.25) is 5.91 Å². The fraction of sp³-hybridized carbons (Fsp3) is 0.304. The van der Waals surface area contributed by atoms with Crippen LogP contribution in [0.25, 0.3) is 17.1 Å². The van der Waals surface area contributed by atoms with Gasteiger partial charge >= 0.3 is 6.03 Å². The highest BCUT2D eigenvalue weighted by Gasteiger charge is 2.19. The Morgan fingerprint density at radius 3 is 2.44 bits per heavy atom. The fourth-order valence-electron chi connectivity index (χ4n) is 3.72. The van der Waals surface area contributed by atoms with Crippen LogP contribution < -0.4 is 10.6 Å².